The normalized spacial score (nSPS) is 26.9. The van der Waals surface area contributed by atoms with Crippen molar-refractivity contribution in [3.63, 3.8) is 0 Å². The smallest absolute Gasteiger partial charge is 0.317 e. The number of halogens is 2. The van der Waals surface area contributed by atoms with Gasteiger partial charge < -0.3 is 4.74 Å². The molecule has 0 unspecified atom stereocenters. The molecule has 1 aliphatic rings. The van der Waals surface area contributed by atoms with Crippen LogP contribution in [0.25, 0.3) is 0 Å². The Hall–Kier alpha value is -1.75. The summed E-state index contributed by atoms with van der Waals surface area (Å²) in [5, 5.41) is 1.76. The summed E-state index contributed by atoms with van der Waals surface area (Å²) < 4.78 is 33.2. The standard InChI is InChI=1S/C17H16F2O2S/c1-2-21-15(20)16(12-7-4-3-5-8-12)11-17(16,14(18)19)13-9-6-10-22-13/h3-10,14H,2,11H2,1H3/t16-,17+/m1/s1. The lowest BCUT2D eigenvalue weighted by molar-refractivity contribution is -0.147. The van der Waals surface area contributed by atoms with Crippen LogP contribution in [-0.4, -0.2) is 19.0 Å². The number of hydrogen-bond acceptors (Lipinski definition) is 3. The van der Waals surface area contributed by atoms with Crippen molar-refractivity contribution in [2.24, 2.45) is 0 Å². The lowest BCUT2D eigenvalue weighted by Crippen LogP contribution is -2.36. The highest BCUT2D eigenvalue weighted by molar-refractivity contribution is 7.10. The van der Waals surface area contributed by atoms with E-state index in [1.54, 1.807) is 54.8 Å². The van der Waals surface area contributed by atoms with Crippen LogP contribution in [0.4, 0.5) is 8.78 Å². The van der Waals surface area contributed by atoms with Crippen molar-refractivity contribution in [1.29, 1.82) is 0 Å². The first-order valence-corrected chi connectivity index (χ1v) is 8.02. The van der Waals surface area contributed by atoms with Crippen molar-refractivity contribution in [2.75, 3.05) is 6.61 Å². The highest BCUT2D eigenvalue weighted by Crippen LogP contribution is 2.69. The number of carbonyl (C=O) groups is 1. The summed E-state index contributed by atoms with van der Waals surface area (Å²) in [6.07, 6.45) is -2.54. The maximum Gasteiger partial charge on any atom is 0.317 e. The molecule has 0 amide bonds. The van der Waals surface area contributed by atoms with Crippen LogP contribution in [0.5, 0.6) is 0 Å². The van der Waals surface area contributed by atoms with Crippen LogP contribution in [0.3, 0.4) is 0 Å². The van der Waals surface area contributed by atoms with Crippen molar-refractivity contribution in [3.05, 3.63) is 58.3 Å². The van der Waals surface area contributed by atoms with Crippen LogP contribution in [0.15, 0.2) is 47.8 Å². The molecule has 22 heavy (non-hydrogen) atoms. The average Bonchev–Trinajstić information content (AvgIpc) is 2.96. The van der Waals surface area contributed by atoms with Crippen LogP contribution in [0, 0.1) is 0 Å². The van der Waals surface area contributed by atoms with Gasteiger partial charge in [0.25, 0.3) is 0 Å². The number of ether oxygens (including phenoxy) is 1. The van der Waals surface area contributed by atoms with Gasteiger partial charge in [0, 0.05) is 4.88 Å². The molecular weight excluding hydrogens is 306 g/mol. The zero-order valence-electron chi connectivity index (χ0n) is 12.1. The van der Waals surface area contributed by atoms with Gasteiger partial charge in [0.15, 0.2) is 0 Å². The van der Waals surface area contributed by atoms with E-state index in [1.807, 2.05) is 0 Å². The van der Waals surface area contributed by atoms with Gasteiger partial charge >= 0.3 is 5.97 Å². The van der Waals surface area contributed by atoms with Crippen molar-refractivity contribution in [3.8, 4) is 0 Å². The first-order chi connectivity index (χ1) is 10.6. The van der Waals surface area contributed by atoms with Gasteiger partial charge in [-0.2, -0.15) is 0 Å². The molecule has 5 heteroatoms. The molecule has 0 bridgehead atoms. The number of hydrogen-bond donors (Lipinski definition) is 0. The number of carbonyl (C=O) groups excluding carboxylic acids is 1. The van der Waals surface area contributed by atoms with Gasteiger partial charge in [0.05, 0.1) is 12.0 Å². The largest absolute Gasteiger partial charge is 0.465 e. The maximum atomic E-state index is 14.0. The molecule has 3 rings (SSSR count). The summed E-state index contributed by atoms with van der Waals surface area (Å²) in [6, 6.07) is 12.2. The fourth-order valence-corrected chi connectivity index (χ4v) is 4.29. The zero-order valence-corrected chi connectivity index (χ0v) is 12.9. The number of alkyl halides is 2. The third-order valence-electron chi connectivity index (χ3n) is 4.40. The molecule has 2 atom stereocenters. The summed E-state index contributed by atoms with van der Waals surface area (Å²) >= 11 is 1.27. The molecular formula is C17H16F2O2S. The van der Waals surface area contributed by atoms with E-state index in [2.05, 4.69) is 0 Å². The van der Waals surface area contributed by atoms with E-state index in [9.17, 15) is 13.6 Å². The monoisotopic (exact) mass is 322 g/mol. The Morgan fingerprint density at radius 3 is 2.55 bits per heavy atom. The minimum atomic E-state index is -2.63. The highest BCUT2D eigenvalue weighted by Gasteiger charge is 2.79. The van der Waals surface area contributed by atoms with Crippen LogP contribution < -0.4 is 0 Å². The second-order valence-corrected chi connectivity index (χ2v) is 6.37. The number of thiophene rings is 1. The van der Waals surface area contributed by atoms with Crippen LogP contribution in [0.1, 0.15) is 23.8 Å². The minimum Gasteiger partial charge on any atom is -0.465 e. The molecule has 1 fully saturated rings. The molecule has 2 nitrogen and oxygen atoms in total. The summed E-state index contributed by atoms with van der Waals surface area (Å²) in [7, 11) is 0. The molecule has 116 valence electrons. The highest BCUT2D eigenvalue weighted by atomic mass is 32.1. The predicted octanol–water partition coefficient (Wildman–Crippen LogP) is 4.16. The van der Waals surface area contributed by atoms with Gasteiger partial charge in [-0.3, -0.25) is 4.79 Å². The van der Waals surface area contributed by atoms with Gasteiger partial charge in [0.2, 0.25) is 6.43 Å². The molecule has 2 aromatic rings. The maximum absolute atomic E-state index is 14.0. The second kappa shape index (κ2) is 5.47. The van der Waals surface area contributed by atoms with E-state index in [1.165, 1.54) is 11.3 Å². The quantitative estimate of drug-likeness (QED) is 0.773. The van der Waals surface area contributed by atoms with Crippen LogP contribution in [0.2, 0.25) is 0 Å². The van der Waals surface area contributed by atoms with Gasteiger partial charge in [0.1, 0.15) is 5.41 Å². The first-order valence-electron chi connectivity index (χ1n) is 7.14. The van der Waals surface area contributed by atoms with E-state index >= 15 is 0 Å². The Labute approximate surface area is 131 Å². The Bertz CT molecular complexity index is 657. The van der Waals surface area contributed by atoms with Gasteiger partial charge in [-0.05, 0) is 30.4 Å². The molecule has 0 spiro atoms. The number of rotatable bonds is 5. The van der Waals surface area contributed by atoms with Gasteiger partial charge in [-0.15, -0.1) is 11.3 Å². The number of benzene rings is 1. The molecule has 0 aliphatic heterocycles. The zero-order chi connectivity index (χ0) is 15.8. The summed E-state index contributed by atoms with van der Waals surface area (Å²) in [4.78, 5) is 13.1. The first kappa shape index (κ1) is 15.2. The third-order valence-corrected chi connectivity index (χ3v) is 5.45. The molecule has 1 aromatic carbocycles. The second-order valence-electron chi connectivity index (χ2n) is 5.42. The van der Waals surface area contributed by atoms with Crippen molar-refractivity contribution >= 4 is 17.3 Å². The fraction of sp³-hybridized carbons (Fsp3) is 0.353. The van der Waals surface area contributed by atoms with E-state index in [0.29, 0.717) is 10.4 Å². The Morgan fingerprint density at radius 1 is 1.27 bits per heavy atom. The third kappa shape index (κ3) is 1.92. The lowest BCUT2D eigenvalue weighted by Gasteiger charge is -2.24. The summed E-state index contributed by atoms with van der Waals surface area (Å²) in [5.74, 6) is -0.560. The van der Waals surface area contributed by atoms with Gasteiger partial charge in [-0.1, -0.05) is 36.4 Å². The molecule has 0 N–H and O–H groups in total. The van der Waals surface area contributed by atoms with Crippen LogP contribution in [-0.2, 0) is 20.4 Å². The van der Waals surface area contributed by atoms with Gasteiger partial charge in [-0.25, -0.2) is 8.78 Å². The molecule has 1 saturated carbocycles. The molecule has 0 radical (unpaired) electrons. The SMILES string of the molecule is CCOC(=O)[C@]1(c2ccccc2)C[C@]1(c1cccs1)C(F)F. The Balaban J connectivity index is 2.15. The predicted molar refractivity (Wildman–Crippen MR) is 81.4 cm³/mol. The average molecular weight is 322 g/mol. The lowest BCUT2D eigenvalue weighted by atomic mass is 9.85. The van der Waals surface area contributed by atoms with E-state index < -0.39 is 23.2 Å². The number of esters is 1. The van der Waals surface area contributed by atoms with E-state index in [4.69, 9.17) is 4.74 Å². The Morgan fingerprint density at radius 2 is 2.00 bits per heavy atom. The molecule has 1 aromatic heterocycles. The minimum absolute atomic E-state index is 0.0844. The van der Waals surface area contributed by atoms with E-state index in [0.717, 1.165) is 0 Å². The van der Waals surface area contributed by atoms with Crippen molar-refractivity contribution < 1.29 is 18.3 Å². The fourth-order valence-electron chi connectivity index (χ4n) is 3.28. The van der Waals surface area contributed by atoms with Crippen molar-refractivity contribution in [2.45, 2.75) is 30.6 Å². The summed E-state index contributed by atoms with van der Waals surface area (Å²) in [5.41, 5.74) is -2.17. The van der Waals surface area contributed by atoms with Crippen molar-refractivity contribution in [1.82, 2.24) is 0 Å². The molecule has 1 heterocycles. The van der Waals surface area contributed by atoms with E-state index in [-0.39, 0.29) is 13.0 Å². The topological polar surface area (TPSA) is 26.3 Å². The van der Waals surface area contributed by atoms with Crippen LogP contribution >= 0.6 is 11.3 Å². The summed E-state index contributed by atoms with van der Waals surface area (Å²) in [6.45, 7) is 1.87. The molecule has 1 aliphatic carbocycles. The Kier molecular flexibility index (Phi) is 3.77. The molecule has 0 saturated heterocycles.